The molecule has 2 aromatic carbocycles. The van der Waals surface area contributed by atoms with E-state index in [-0.39, 0.29) is 0 Å². The maximum absolute atomic E-state index is 10.6. The van der Waals surface area contributed by atoms with Crippen molar-refractivity contribution < 1.29 is 4.79 Å². The molecule has 5 heteroatoms. The maximum Gasteiger partial charge on any atom is 0.212 e. The van der Waals surface area contributed by atoms with Gasteiger partial charge in [0.15, 0.2) is 5.82 Å². The van der Waals surface area contributed by atoms with E-state index >= 15 is 0 Å². The first-order valence-corrected chi connectivity index (χ1v) is 6.77. The standard InChI is InChI=1S/C16H12ClN3O/c17-13-8-6-12(7-9-13)15-10-16(18-11-21)19-20(15)14-4-2-1-3-5-14/h1-11H,(H,18,19,21). The molecule has 0 atom stereocenters. The minimum Gasteiger partial charge on any atom is -0.312 e. The number of benzene rings is 2. The highest BCUT2D eigenvalue weighted by Gasteiger charge is 2.11. The van der Waals surface area contributed by atoms with Crippen LogP contribution in [0.3, 0.4) is 0 Å². The average Bonchev–Trinajstić information content (AvgIpc) is 2.93. The fourth-order valence-electron chi connectivity index (χ4n) is 2.10. The minimum absolute atomic E-state index is 0.499. The van der Waals surface area contributed by atoms with Crippen LogP contribution in [0.15, 0.2) is 60.7 Å². The fraction of sp³-hybridized carbons (Fsp3) is 0. The largest absolute Gasteiger partial charge is 0.312 e. The molecule has 0 aliphatic rings. The van der Waals surface area contributed by atoms with Crippen molar-refractivity contribution in [2.24, 2.45) is 0 Å². The second kappa shape index (κ2) is 5.81. The Morgan fingerprint density at radius 1 is 1.05 bits per heavy atom. The SMILES string of the molecule is O=CNc1cc(-c2ccc(Cl)cc2)n(-c2ccccc2)n1. The van der Waals surface area contributed by atoms with Gasteiger partial charge in [-0.25, -0.2) is 4.68 Å². The van der Waals surface area contributed by atoms with Crippen molar-refractivity contribution in [2.45, 2.75) is 0 Å². The van der Waals surface area contributed by atoms with Gasteiger partial charge < -0.3 is 5.32 Å². The Bertz CT molecular complexity index is 751. The Labute approximate surface area is 127 Å². The van der Waals surface area contributed by atoms with Gasteiger partial charge in [0, 0.05) is 16.7 Å². The lowest BCUT2D eigenvalue weighted by molar-refractivity contribution is -0.105. The van der Waals surface area contributed by atoms with E-state index in [0.717, 1.165) is 16.9 Å². The third-order valence-electron chi connectivity index (χ3n) is 3.06. The monoisotopic (exact) mass is 297 g/mol. The topological polar surface area (TPSA) is 46.9 Å². The van der Waals surface area contributed by atoms with E-state index in [9.17, 15) is 4.79 Å². The summed E-state index contributed by atoms with van der Waals surface area (Å²) in [7, 11) is 0. The predicted octanol–water partition coefficient (Wildman–Crippen LogP) is 3.76. The summed E-state index contributed by atoms with van der Waals surface area (Å²) in [6.45, 7) is 0. The number of para-hydroxylation sites is 1. The van der Waals surface area contributed by atoms with Gasteiger partial charge in [-0.1, -0.05) is 41.9 Å². The molecule has 0 fully saturated rings. The van der Waals surface area contributed by atoms with Crippen LogP contribution in [0.5, 0.6) is 0 Å². The first-order valence-electron chi connectivity index (χ1n) is 6.39. The van der Waals surface area contributed by atoms with Crippen LogP contribution in [0.1, 0.15) is 0 Å². The average molecular weight is 298 g/mol. The number of amides is 1. The third-order valence-corrected chi connectivity index (χ3v) is 3.31. The number of hydrogen-bond donors (Lipinski definition) is 1. The van der Waals surface area contributed by atoms with Crippen LogP contribution in [0.25, 0.3) is 16.9 Å². The fourth-order valence-corrected chi connectivity index (χ4v) is 2.23. The summed E-state index contributed by atoms with van der Waals surface area (Å²) < 4.78 is 1.79. The number of rotatable bonds is 4. The van der Waals surface area contributed by atoms with Crippen molar-refractivity contribution in [3.8, 4) is 16.9 Å². The predicted molar refractivity (Wildman–Crippen MR) is 83.7 cm³/mol. The van der Waals surface area contributed by atoms with Crippen LogP contribution >= 0.6 is 11.6 Å². The molecule has 104 valence electrons. The van der Waals surface area contributed by atoms with Crippen LogP contribution in [-0.4, -0.2) is 16.2 Å². The summed E-state index contributed by atoms with van der Waals surface area (Å²) in [4.78, 5) is 10.6. The molecule has 4 nitrogen and oxygen atoms in total. The Morgan fingerprint density at radius 2 is 1.76 bits per heavy atom. The molecule has 0 bridgehead atoms. The van der Waals surface area contributed by atoms with Crippen molar-refractivity contribution in [1.82, 2.24) is 9.78 Å². The second-order valence-corrected chi connectivity index (χ2v) is 4.87. The van der Waals surface area contributed by atoms with Gasteiger partial charge in [-0.2, -0.15) is 0 Å². The van der Waals surface area contributed by atoms with Crippen LogP contribution in [0.4, 0.5) is 5.82 Å². The molecule has 1 amide bonds. The number of aromatic nitrogens is 2. The van der Waals surface area contributed by atoms with Crippen molar-refractivity contribution in [1.29, 1.82) is 0 Å². The first kappa shape index (κ1) is 13.4. The zero-order valence-corrected chi connectivity index (χ0v) is 11.8. The van der Waals surface area contributed by atoms with E-state index in [4.69, 9.17) is 11.6 Å². The van der Waals surface area contributed by atoms with Gasteiger partial charge in [0.25, 0.3) is 0 Å². The summed E-state index contributed by atoms with van der Waals surface area (Å²) in [5.74, 6) is 0.499. The van der Waals surface area contributed by atoms with E-state index in [1.54, 1.807) is 4.68 Å². The zero-order chi connectivity index (χ0) is 14.7. The van der Waals surface area contributed by atoms with Gasteiger partial charge in [0.05, 0.1) is 11.4 Å². The number of nitrogens with zero attached hydrogens (tertiary/aromatic N) is 2. The van der Waals surface area contributed by atoms with Gasteiger partial charge in [-0.05, 0) is 24.3 Å². The van der Waals surface area contributed by atoms with Gasteiger partial charge >= 0.3 is 0 Å². The molecule has 0 aliphatic heterocycles. The summed E-state index contributed by atoms with van der Waals surface area (Å²) in [5, 5.41) is 7.67. The van der Waals surface area contributed by atoms with Gasteiger partial charge in [0.1, 0.15) is 0 Å². The number of nitrogens with one attached hydrogen (secondary N) is 1. The lowest BCUT2D eigenvalue weighted by Gasteiger charge is -2.07. The zero-order valence-electron chi connectivity index (χ0n) is 11.0. The highest BCUT2D eigenvalue weighted by atomic mass is 35.5. The molecule has 0 saturated heterocycles. The molecule has 3 rings (SSSR count). The molecule has 0 spiro atoms. The maximum atomic E-state index is 10.6. The summed E-state index contributed by atoms with van der Waals surface area (Å²) in [6, 6.07) is 19.1. The van der Waals surface area contributed by atoms with E-state index in [1.165, 1.54) is 0 Å². The number of anilines is 1. The molecular formula is C16H12ClN3O. The normalized spacial score (nSPS) is 10.3. The van der Waals surface area contributed by atoms with Crippen LogP contribution in [0, 0.1) is 0 Å². The van der Waals surface area contributed by atoms with Gasteiger partial charge in [-0.3, -0.25) is 4.79 Å². The summed E-state index contributed by atoms with van der Waals surface area (Å²) in [5.41, 5.74) is 2.76. The molecule has 3 aromatic rings. The number of carbonyl (C=O) groups is 1. The minimum atomic E-state index is 0.499. The third kappa shape index (κ3) is 2.80. The van der Waals surface area contributed by atoms with Crippen LogP contribution in [-0.2, 0) is 4.79 Å². The van der Waals surface area contributed by atoms with Gasteiger partial charge in [0.2, 0.25) is 6.41 Å². The molecule has 0 radical (unpaired) electrons. The van der Waals surface area contributed by atoms with E-state index < -0.39 is 0 Å². The molecule has 1 aromatic heterocycles. The molecule has 0 saturated carbocycles. The molecule has 21 heavy (non-hydrogen) atoms. The van der Waals surface area contributed by atoms with Crippen molar-refractivity contribution in [3.05, 3.63) is 65.7 Å². The number of hydrogen-bond acceptors (Lipinski definition) is 2. The van der Waals surface area contributed by atoms with Crippen LogP contribution < -0.4 is 5.32 Å². The Hall–Kier alpha value is -2.59. The summed E-state index contributed by atoms with van der Waals surface area (Å²) >= 11 is 5.93. The van der Waals surface area contributed by atoms with Crippen molar-refractivity contribution in [3.63, 3.8) is 0 Å². The first-order chi connectivity index (χ1) is 10.3. The van der Waals surface area contributed by atoms with Crippen molar-refractivity contribution >= 4 is 23.8 Å². The Balaban J connectivity index is 2.14. The molecule has 0 unspecified atom stereocenters. The smallest absolute Gasteiger partial charge is 0.212 e. The highest BCUT2D eigenvalue weighted by Crippen LogP contribution is 2.26. The second-order valence-electron chi connectivity index (χ2n) is 4.43. The molecule has 1 N–H and O–H groups in total. The Morgan fingerprint density at radius 3 is 2.43 bits per heavy atom. The quantitative estimate of drug-likeness (QED) is 0.745. The van der Waals surface area contributed by atoms with Gasteiger partial charge in [-0.15, -0.1) is 5.10 Å². The van der Waals surface area contributed by atoms with Crippen LogP contribution in [0.2, 0.25) is 5.02 Å². The summed E-state index contributed by atoms with van der Waals surface area (Å²) in [6.07, 6.45) is 0.614. The lowest BCUT2D eigenvalue weighted by Crippen LogP contribution is -2.00. The number of halogens is 1. The lowest BCUT2D eigenvalue weighted by atomic mass is 10.1. The highest BCUT2D eigenvalue weighted by molar-refractivity contribution is 6.30. The van der Waals surface area contributed by atoms with E-state index in [0.29, 0.717) is 17.3 Å². The molecule has 0 aliphatic carbocycles. The van der Waals surface area contributed by atoms with E-state index in [1.807, 2.05) is 60.7 Å². The molecule has 1 heterocycles. The van der Waals surface area contributed by atoms with E-state index in [2.05, 4.69) is 10.4 Å². The van der Waals surface area contributed by atoms with Crippen molar-refractivity contribution in [2.75, 3.05) is 5.32 Å². The Kier molecular flexibility index (Phi) is 3.71. The molecular weight excluding hydrogens is 286 g/mol. The number of carbonyl (C=O) groups excluding carboxylic acids is 1.